The van der Waals surface area contributed by atoms with Gasteiger partial charge in [0.1, 0.15) is 6.61 Å². The minimum Gasteiger partial charge on any atom is -0.462 e. The summed E-state index contributed by atoms with van der Waals surface area (Å²) < 4.78 is 10.7. The highest BCUT2D eigenvalue weighted by Crippen LogP contribution is 2.17. The van der Waals surface area contributed by atoms with Crippen LogP contribution in [-0.2, 0) is 19.1 Å². The van der Waals surface area contributed by atoms with Gasteiger partial charge in [-0.2, -0.15) is 0 Å². The maximum Gasteiger partial charge on any atom is 0.306 e. The van der Waals surface area contributed by atoms with E-state index in [2.05, 4.69) is 38.2 Å². The summed E-state index contributed by atoms with van der Waals surface area (Å²) in [5.74, 6) is -0.579. The largest absolute Gasteiger partial charge is 0.462 e. The van der Waals surface area contributed by atoms with E-state index < -0.39 is 6.10 Å². The Kier molecular flexibility index (Phi) is 48.4. The van der Waals surface area contributed by atoms with Gasteiger partial charge in [-0.25, -0.2) is 0 Å². The van der Waals surface area contributed by atoms with Gasteiger partial charge in [0.25, 0.3) is 0 Å². The van der Waals surface area contributed by atoms with Crippen LogP contribution in [0.2, 0.25) is 0 Å². The van der Waals surface area contributed by atoms with Crippen LogP contribution in [0.4, 0.5) is 0 Å². The first kappa shape index (κ1) is 56.4. The molecule has 1 N–H and O–H groups in total. The lowest BCUT2D eigenvalue weighted by atomic mass is 10.0. The van der Waals surface area contributed by atoms with E-state index >= 15 is 0 Å². The van der Waals surface area contributed by atoms with Crippen molar-refractivity contribution in [2.45, 2.75) is 290 Å². The Morgan fingerprint density at radius 1 is 0.397 bits per heavy atom. The monoisotopic (exact) mass is 817 g/mol. The van der Waals surface area contributed by atoms with Crippen LogP contribution in [0.25, 0.3) is 0 Å². The smallest absolute Gasteiger partial charge is 0.306 e. The average Bonchev–Trinajstić information content (AvgIpc) is 3.23. The van der Waals surface area contributed by atoms with E-state index in [0.29, 0.717) is 12.8 Å². The molecule has 0 bridgehead atoms. The van der Waals surface area contributed by atoms with E-state index in [4.69, 9.17) is 9.47 Å². The molecule has 0 aromatic rings. The van der Waals surface area contributed by atoms with E-state index in [1.165, 1.54) is 218 Å². The number of unbranched alkanes of at least 4 members (excludes halogenated alkanes) is 36. The summed E-state index contributed by atoms with van der Waals surface area (Å²) in [6.45, 7) is 4.15. The Bertz CT molecular complexity index is 882. The predicted octanol–water partition coefficient (Wildman–Crippen LogP) is 17.0. The third-order valence-corrected chi connectivity index (χ3v) is 11.7. The van der Waals surface area contributed by atoms with Crippen LogP contribution < -0.4 is 0 Å². The van der Waals surface area contributed by atoms with Crippen molar-refractivity contribution in [3.8, 4) is 0 Å². The maximum absolute atomic E-state index is 12.3. The topological polar surface area (TPSA) is 72.8 Å². The molecule has 0 rings (SSSR count). The number of ether oxygens (including phenoxy) is 2. The van der Waals surface area contributed by atoms with Gasteiger partial charge in [0, 0.05) is 12.8 Å². The third kappa shape index (κ3) is 47.1. The second-order valence-electron chi connectivity index (χ2n) is 17.6. The second-order valence-corrected chi connectivity index (χ2v) is 17.6. The number of hydrogen-bond donors (Lipinski definition) is 1. The molecule has 58 heavy (non-hydrogen) atoms. The molecule has 0 aliphatic heterocycles. The molecule has 0 heterocycles. The van der Waals surface area contributed by atoms with Crippen molar-refractivity contribution in [1.82, 2.24) is 0 Å². The zero-order chi connectivity index (χ0) is 42.1. The number of carbonyl (C=O) groups excluding carboxylic acids is 2. The minimum atomic E-state index is -0.770. The molecule has 342 valence electrons. The number of aliphatic hydroxyl groups excluding tert-OH is 1. The van der Waals surface area contributed by atoms with Crippen LogP contribution in [-0.4, -0.2) is 36.4 Å². The molecule has 0 saturated heterocycles. The number of aliphatic hydroxyl groups is 1. The first-order chi connectivity index (χ1) is 28.6. The van der Waals surface area contributed by atoms with Crippen LogP contribution in [0.15, 0.2) is 24.3 Å². The second kappa shape index (κ2) is 49.7. The minimum absolute atomic E-state index is 0.0622. The average molecular weight is 817 g/mol. The van der Waals surface area contributed by atoms with Crippen molar-refractivity contribution in [3.63, 3.8) is 0 Å². The van der Waals surface area contributed by atoms with Crippen LogP contribution in [0.3, 0.4) is 0 Å². The van der Waals surface area contributed by atoms with Crippen molar-refractivity contribution in [2.24, 2.45) is 0 Å². The Morgan fingerprint density at radius 3 is 1.05 bits per heavy atom. The van der Waals surface area contributed by atoms with E-state index in [0.717, 1.165) is 38.5 Å². The maximum atomic E-state index is 12.3. The van der Waals surface area contributed by atoms with Crippen LogP contribution in [0.1, 0.15) is 284 Å². The summed E-state index contributed by atoms with van der Waals surface area (Å²) in [7, 11) is 0. The first-order valence-corrected chi connectivity index (χ1v) is 25.9. The first-order valence-electron chi connectivity index (χ1n) is 25.9. The lowest BCUT2D eigenvalue weighted by molar-refractivity contribution is -0.161. The van der Waals surface area contributed by atoms with E-state index in [1.807, 2.05) is 0 Å². The third-order valence-electron chi connectivity index (χ3n) is 11.7. The van der Waals surface area contributed by atoms with E-state index in [9.17, 15) is 14.7 Å². The summed E-state index contributed by atoms with van der Waals surface area (Å²) in [6.07, 6.45) is 61.3. The highest BCUT2D eigenvalue weighted by Gasteiger charge is 2.16. The van der Waals surface area contributed by atoms with Crippen LogP contribution in [0.5, 0.6) is 0 Å². The molecule has 0 radical (unpaired) electrons. The van der Waals surface area contributed by atoms with Crippen molar-refractivity contribution in [3.05, 3.63) is 24.3 Å². The van der Waals surface area contributed by atoms with E-state index in [-0.39, 0.29) is 25.2 Å². The zero-order valence-corrected chi connectivity index (χ0v) is 39.1. The van der Waals surface area contributed by atoms with E-state index in [1.54, 1.807) is 0 Å². The molecule has 0 aromatic heterocycles. The Hall–Kier alpha value is -1.62. The Morgan fingerprint density at radius 2 is 0.690 bits per heavy atom. The fraction of sp³-hybridized carbons (Fsp3) is 0.887. The van der Waals surface area contributed by atoms with Crippen molar-refractivity contribution >= 4 is 11.9 Å². The molecule has 1 atom stereocenters. The lowest BCUT2D eigenvalue weighted by Gasteiger charge is -2.15. The number of rotatable bonds is 48. The normalized spacial score (nSPS) is 12.3. The fourth-order valence-corrected chi connectivity index (χ4v) is 7.82. The highest BCUT2D eigenvalue weighted by molar-refractivity contribution is 5.70. The molecule has 0 fully saturated rings. The molecular weight excluding hydrogens is 717 g/mol. The number of allylic oxidation sites excluding steroid dienone is 4. The van der Waals surface area contributed by atoms with Gasteiger partial charge >= 0.3 is 11.9 Å². The van der Waals surface area contributed by atoms with Gasteiger partial charge in [-0.15, -0.1) is 0 Å². The fourth-order valence-electron chi connectivity index (χ4n) is 7.82. The molecule has 0 aliphatic rings. The standard InChI is InChI=1S/C53H100O5/c1-3-5-7-9-11-13-15-17-19-21-23-24-25-26-27-28-30-31-33-35-37-39-41-43-45-47-52(55)57-50-51(49-54)58-53(56)48-46-44-42-40-38-36-34-32-29-22-20-18-16-14-12-10-8-6-4-2/h12,14,18,20,51,54H,3-11,13,15-17,19,21-50H2,1-2H3/b14-12-,20-18-. The van der Waals surface area contributed by atoms with Crippen LogP contribution in [0, 0.1) is 0 Å². The summed E-state index contributed by atoms with van der Waals surface area (Å²) >= 11 is 0. The molecule has 1 unspecified atom stereocenters. The quantitative estimate of drug-likeness (QED) is 0.0376. The Balaban J connectivity index is 3.44. The molecule has 0 saturated carbocycles. The molecule has 5 heteroatoms. The van der Waals surface area contributed by atoms with Crippen molar-refractivity contribution in [1.29, 1.82) is 0 Å². The summed E-state index contributed by atoms with van der Waals surface area (Å²) in [4.78, 5) is 24.4. The van der Waals surface area contributed by atoms with Gasteiger partial charge in [-0.1, -0.05) is 250 Å². The molecular formula is C53H100O5. The number of hydrogen-bond acceptors (Lipinski definition) is 5. The number of carbonyl (C=O) groups is 2. The van der Waals surface area contributed by atoms with Gasteiger partial charge in [-0.05, 0) is 44.9 Å². The summed E-state index contributed by atoms with van der Waals surface area (Å²) in [6, 6.07) is 0. The van der Waals surface area contributed by atoms with Crippen molar-refractivity contribution in [2.75, 3.05) is 13.2 Å². The van der Waals surface area contributed by atoms with Crippen molar-refractivity contribution < 1.29 is 24.2 Å². The summed E-state index contributed by atoms with van der Waals surface area (Å²) in [5.41, 5.74) is 0. The van der Waals surface area contributed by atoms with Gasteiger partial charge in [0.2, 0.25) is 0 Å². The highest BCUT2D eigenvalue weighted by atomic mass is 16.6. The summed E-state index contributed by atoms with van der Waals surface area (Å²) in [5, 5.41) is 9.62. The Labute approximate surface area is 362 Å². The SMILES string of the molecule is CCCCC/C=C\C/C=C\CCCCCCCCCCCC(=O)OC(CO)COC(=O)CCCCCCCCCCCCCCCCCCCCCCCCCCC. The molecule has 0 aliphatic carbocycles. The molecule has 0 amide bonds. The molecule has 0 aromatic carbocycles. The predicted molar refractivity (Wildman–Crippen MR) is 251 cm³/mol. The molecule has 0 spiro atoms. The van der Waals surface area contributed by atoms with Gasteiger partial charge in [-0.3, -0.25) is 9.59 Å². The van der Waals surface area contributed by atoms with Crippen LogP contribution >= 0.6 is 0 Å². The molecule has 5 nitrogen and oxygen atoms in total. The zero-order valence-electron chi connectivity index (χ0n) is 39.1. The lowest BCUT2D eigenvalue weighted by Crippen LogP contribution is -2.28. The van der Waals surface area contributed by atoms with Gasteiger partial charge in [0.15, 0.2) is 6.10 Å². The van der Waals surface area contributed by atoms with Gasteiger partial charge < -0.3 is 14.6 Å². The number of esters is 2. The van der Waals surface area contributed by atoms with Gasteiger partial charge in [0.05, 0.1) is 6.61 Å².